The Hall–Kier alpha value is -0.450. The van der Waals surface area contributed by atoms with E-state index in [2.05, 4.69) is 5.32 Å². The minimum Gasteiger partial charge on any atom is -0.384 e. The number of hydrogen-bond acceptors (Lipinski definition) is 3. The molecular formula is C11H15Cl2NO2S. The highest BCUT2D eigenvalue weighted by Gasteiger charge is 2.06. The zero-order chi connectivity index (χ0) is 12.9. The number of rotatable bonds is 6. The van der Waals surface area contributed by atoms with Gasteiger partial charge in [-0.2, -0.15) is 0 Å². The molecule has 6 heteroatoms. The Bertz CT molecular complexity index is 474. The van der Waals surface area contributed by atoms with E-state index < -0.39 is 9.84 Å². The topological polar surface area (TPSA) is 46.2 Å². The van der Waals surface area contributed by atoms with Gasteiger partial charge in [-0.05, 0) is 24.6 Å². The van der Waals surface area contributed by atoms with E-state index in [0.717, 1.165) is 5.69 Å². The molecule has 0 bridgehead atoms. The highest BCUT2D eigenvalue weighted by atomic mass is 35.5. The van der Waals surface area contributed by atoms with E-state index in [0.29, 0.717) is 23.0 Å². The molecule has 0 saturated carbocycles. The number of nitrogens with one attached hydrogen (secondary N) is 1. The smallest absolute Gasteiger partial charge is 0.150 e. The molecule has 0 amide bonds. The molecule has 0 aliphatic rings. The Morgan fingerprint density at radius 2 is 2.00 bits per heavy atom. The molecule has 0 atom stereocenters. The van der Waals surface area contributed by atoms with Crippen LogP contribution in [-0.2, 0) is 9.84 Å². The molecule has 0 unspecified atom stereocenters. The Balaban J connectivity index is 2.44. The lowest BCUT2D eigenvalue weighted by atomic mass is 10.3. The number of hydrogen-bond donors (Lipinski definition) is 1. The molecule has 0 radical (unpaired) electrons. The summed E-state index contributed by atoms with van der Waals surface area (Å²) in [6.07, 6.45) is 0.555. The van der Waals surface area contributed by atoms with Crippen molar-refractivity contribution in [3.05, 3.63) is 28.2 Å². The van der Waals surface area contributed by atoms with Gasteiger partial charge in [0.2, 0.25) is 0 Å². The summed E-state index contributed by atoms with van der Waals surface area (Å²) in [6.45, 7) is 2.20. The normalized spacial score (nSPS) is 11.5. The fourth-order valence-electron chi connectivity index (χ4n) is 1.29. The summed E-state index contributed by atoms with van der Waals surface area (Å²) < 4.78 is 22.5. The van der Waals surface area contributed by atoms with E-state index in [1.165, 1.54) is 0 Å². The van der Waals surface area contributed by atoms with Crippen molar-refractivity contribution in [1.29, 1.82) is 0 Å². The summed E-state index contributed by atoms with van der Waals surface area (Å²) in [5.41, 5.74) is 0.730. The molecule has 1 aromatic rings. The molecule has 3 nitrogen and oxygen atoms in total. The van der Waals surface area contributed by atoms with Crippen LogP contribution in [0, 0.1) is 0 Å². The van der Waals surface area contributed by atoms with Crippen molar-refractivity contribution in [3.63, 3.8) is 0 Å². The molecule has 0 spiro atoms. The van der Waals surface area contributed by atoms with E-state index in [4.69, 9.17) is 23.2 Å². The molecule has 1 rings (SSSR count). The lowest BCUT2D eigenvalue weighted by Crippen LogP contribution is -2.13. The SMILES string of the molecule is CCS(=O)(=O)CCCNc1cc(Cl)ccc1Cl. The minimum absolute atomic E-state index is 0.185. The molecule has 0 heterocycles. The van der Waals surface area contributed by atoms with Crippen LogP contribution < -0.4 is 5.32 Å². The number of benzene rings is 1. The third-order valence-electron chi connectivity index (χ3n) is 2.32. The van der Waals surface area contributed by atoms with Gasteiger partial charge in [0.05, 0.1) is 16.5 Å². The van der Waals surface area contributed by atoms with Crippen LogP contribution in [0.2, 0.25) is 10.0 Å². The van der Waals surface area contributed by atoms with Crippen molar-refractivity contribution >= 4 is 38.7 Å². The summed E-state index contributed by atoms with van der Waals surface area (Å²) >= 11 is 11.8. The Morgan fingerprint density at radius 3 is 2.65 bits per heavy atom. The second-order valence-corrected chi connectivity index (χ2v) is 6.96. The first-order valence-electron chi connectivity index (χ1n) is 5.34. The molecule has 0 aliphatic carbocycles. The van der Waals surface area contributed by atoms with E-state index in [9.17, 15) is 8.42 Å². The first kappa shape index (κ1) is 14.6. The summed E-state index contributed by atoms with van der Waals surface area (Å²) in [5.74, 6) is 0.375. The van der Waals surface area contributed by atoms with Crippen molar-refractivity contribution in [2.75, 3.05) is 23.4 Å². The molecule has 96 valence electrons. The summed E-state index contributed by atoms with van der Waals surface area (Å²) in [6, 6.07) is 5.13. The van der Waals surface area contributed by atoms with Gasteiger partial charge >= 0.3 is 0 Å². The standard InChI is InChI=1S/C11H15Cl2NO2S/c1-2-17(15,16)7-3-6-14-11-8-9(12)4-5-10(11)13/h4-5,8,14H,2-3,6-7H2,1H3. The second-order valence-electron chi connectivity index (χ2n) is 3.64. The van der Waals surface area contributed by atoms with Gasteiger partial charge in [-0.1, -0.05) is 30.1 Å². The van der Waals surface area contributed by atoms with Gasteiger partial charge in [0.25, 0.3) is 0 Å². The fourth-order valence-corrected chi connectivity index (χ4v) is 2.52. The van der Waals surface area contributed by atoms with E-state index >= 15 is 0 Å². The van der Waals surface area contributed by atoms with Crippen molar-refractivity contribution in [2.45, 2.75) is 13.3 Å². The van der Waals surface area contributed by atoms with Crippen molar-refractivity contribution < 1.29 is 8.42 Å². The maximum atomic E-state index is 11.3. The van der Waals surface area contributed by atoms with Crippen molar-refractivity contribution in [3.8, 4) is 0 Å². The number of sulfone groups is 1. The average Bonchev–Trinajstić information content (AvgIpc) is 2.29. The van der Waals surface area contributed by atoms with Crippen LogP contribution >= 0.6 is 23.2 Å². The van der Waals surface area contributed by atoms with Crippen molar-refractivity contribution in [2.24, 2.45) is 0 Å². The van der Waals surface area contributed by atoms with Gasteiger partial charge in [0, 0.05) is 17.3 Å². The van der Waals surface area contributed by atoms with E-state index in [1.807, 2.05) is 0 Å². The molecule has 0 fully saturated rings. The maximum Gasteiger partial charge on any atom is 0.150 e. The predicted molar refractivity (Wildman–Crippen MR) is 73.9 cm³/mol. The molecule has 17 heavy (non-hydrogen) atoms. The minimum atomic E-state index is -2.89. The number of anilines is 1. The third kappa shape index (κ3) is 5.15. The Morgan fingerprint density at radius 1 is 1.29 bits per heavy atom. The van der Waals surface area contributed by atoms with Gasteiger partial charge < -0.3 is 5.32 Å². The lowest BCUT2D eigenvalue weighted by molar-refractivity contribution is 0.595. The van der Waals surface area contributed by atoms with Gasteiger partial charge in [0.1, 0.15) is 9.84 Å². The molecule has 1 N–H and O–H groups in total. The average molecular weight is 296 g/mol. The highest BCUT2D eigenvalue weighted by molar-refractivity contribution is 7.91. The molecule has 1 aromatic carbocycles. The molecular weight excluding hydrogens is 281 g/mol. The van der Waals surface area contributed by atoms with Crippen LogP contribution in [0.1, 0.15) is 13.3 Å². The van der Waals surface area contributed by atoms with Crippen LogP contribution in [0.3, 0.4) is 0 Å². The van der Waals surface area contributed by atoms with Gasteiger partial charge in [-0.25, -0.2) is 8.42 Å². The largest absolute Gasteiger partial charge is 0.384 e. The lowest BCUT2D eigenvalue weighted by Gasteiger charge is -2.08. The zero-order valence-corrected chi connectivity index (χ0v) is 11.9. The van der Waals surface area contributed by atoms with E-state index in [1.54, 1.807) is 25.1 Å². The van der Waals surface area contributed by atoms with E-state index in [-0.39, 0.29) is 11.5 Å². The maximum absolute atomic E-state index is 11.3. The third-order valence-corrected chi connectivity index (χ3v) is 4.67. The summed E-state index contributed by atoms with van der Waals surface area (Å²) in [5, 5.41) is 4.24. The van der Waals surface area contributed by atoms with Gasteiger partial charge in [0.15, 0.2) is 0 Å². The highest BCUT2D eigenvalue weighted by Crippen LogP contribution is 2.25. The summed E-state index contributed by atoms with van der Waals surface area (Å²) in [7, 11) is -2.89. The first-order chi connectivity index (χ1) is 7.94. The van der Waals surface area contributed by atoms with Crippen LogP contribution in [-0.4, -0.2) is 26.5 Å². The van der Waals surface area contributed by atoms with Crippen LogP contribution in [0.25, 0.3) is 0 Å². The molecule has 0 saturated heterocycles. The first-order valence-corrected chi connectivity index (χ1v) is 7.91. The van der Waals surface area contributed by atoms with Gasteiger partial charge in [-0.3, -0.25) is 0 Å². The van der Waals surface area contributed by atoms with Crippen LogP contribution in [0.15, 0.2) is 18.2 Å². The Kier molecular flexibility index (Phi) is 5.56. The molecule has 0 aromatic heterocycles. The quantitative estimate of drug-likeness (QED) is 0.820. The second kappa shape index (κ2) is 6.47. The van der Waals surface area contributed by atoms with Crippen molar-refractivity contribution in [1.82, 2.24) is 0 Å². The van der Waals surface area contributed by atoms with Crippen LogP contribution in [0.4, 0.5) is 5.69 Å². The summed E-state index contributed by atoms with van der Waals surface area (Å²) in [4.78, 5) is 0. The zero-order valence-electron chi connectivity index (χ0n) is 9.54. The predicted octanol–water partition coefficient (Wildman–Crippen LogP) is 3.23. The monoisotopic (exact) mass is 295 g/mol. The van der Waals surface area contributed by atoms with Crippen LogP contribution in [0.5, 0.6) is 0 Å². The Labute approximate surface area is 112 Å². The molecule has 0 aliphatic heterocycles. The fraction of sp³-hybridized carbons (Fsp3) is 0.455. The number of halogens is 2. The van der Waals surface area contributed by atoms with Gasteiger partial charge in [-0.15, -0.1) is 0 Å².